The van der Waals surface area contributed by atoms with E-state index in [-0.39, 0.29) is 17.4 Å². The molecule has 0 saturated heterocycles. The molecule has 1 amide bonds. The van der Waals surface area contributed by atoms with Crippen molar-refractivity contribution in [3.63, 3.8) is 0 Å². The second-order valence-corrected chi connectivity index (χ2v) is 6.58. The van der Waals surface area contributed by atoms with Crippen LogP contribution < -0.4 is 11.1 Å². The van der Waals surface area contributed by atoms with Crippen LogP contribution in [0, 0.1) is 5.41 Å². The van der Waals surface area contributed by atoms with Crippen LogP contribution in [0.3, 0.4) is 0 Å². The number of hydrogen-bond donors (Lipinski definition) is 2. The minimum absolute atomic E-state index is 0.189. The summed E-state index contributed by atoms with van der Waals surface area (Å²) >= 11 is 12.0. The van der Waals surface area contributed by atoms with Crippen molar-refractivity contribution in [1.82, 2.24) is 5.32 Å². The SMILES string of the molecule is CC(NC(=O)[C@H](N)C(C)(C)C)c1ccc(Cl)cc1Cl. The van der Waals surface area contributed by atoms with Gasteiger partial charge in [-0.05, 0) is 30.0 Å². The first-order chi connectivity index (χ1) is 8.62. The van der Waals surface area contributed by atoms with E-state index in [2.05, 4.69) is 5.32 Å². The molecule has 1 rings (SSSR count). The van der Waals surface area contributed by atoms with Crippen molar-refractivity contribution >= 4 is 29.1 Å². The molecule has 1 unspecified atom stereocenters. The van der Waals surface area contributed by atoms with Crippen LogP contribution >= 0.6 is 23.2 Å². The maximum atomic E-state index is 12.0. The van der Waals surface area contributed by atoms with E-state index >= 15 is 0 Å². The van der Waals surface area contributed by atoms with Gasteiger partial charge >= 0.3 is 0 Å². The molecule has 1 aromatic rings. The van der Waals surface area contributed by atoms with E-state index in [0.29, 0.717) is 10.0 Å². The highest BCUT2D eigenvalue weighted by atomic mass is 35.5. The van der Waals surface area contributed by atoms with Gasteiger partial charge in [0, 0.05) is 10.0 Å². The van der Waals surface area contributed by atoms with Crippen molar-refractivity contribution in [2.24, 2.45) is 11.1 Å². The second-order valence-electron chi connectivity index (χ2n) is 5.74. The predicted molar refractivity (Wildman–Crippen MR) is 80.5 cm³/mol. The van der Waals surface area contributed by atoms with Gasteiger partial charge in [-0.2, -0.15) is 0 Å². The Morgan fingerprint density at radius 3 is 2.37 bits per heavy atom. The standard InChI is InChI=1S/C14H20Cl2N2O/c1-8(10-6-5-9(15)7-11(10)16)18-13(19)12(17)14(2,3)4/h5-8,12H,17H2,1-4H3,(H,18,19)/t8?,12-/m0/s1. The van der Waals surface area contributed by atoms with Gasteiger partial charge < -0.3 is 11.1 Å². The van der Waals surface area contributed by atoms with Crippen LogP contribution in [0.1, 0.15) is 39.3 Å². The maximum absolute atomic E-state index is 12.0. The molecule has 0 aromatic heterocycles. The molecule has 106 valence electrons. The van der Waals surface area contributed by atoms with Crippen LogP contribution in [0.15, 0.2) is 18.2 Å². The first kappa shape index (κ1) is 16.3. The lowest BCUT2D eigenvalue weighted by Crippen LogP contribution is -2.49. The molecule has 0 spiro atoms. The first-order valence-corrected chi connectivity index (χ1v) is 6.89. The molecule has 3 nitrogen and oxygen atoms in total. The van der Waals surface area contributed by atoms with E-state index in [1.165, 1.54) is 0 Å². The lowest BCUT2D eigenvalue weighted by atomic mass is 9.86. The zero-order chi connectivity index (χ0) is 14.8. The fourth-order valence-electron chi connectivity index (χ4n) is 1.63. The van der Waals surface area contributed by atoms with Crippen LogP contribution in [0.25, 0.3) is 0 Å². The normalized spacial score (nSPS) is 14.9. The Balaban J connectivity index is 2.80. The molecule has 0 aliphatic heterocycles. The largest absolute Gasteiger partial charge is 0.348 e. The van der Waals surface area contributed by atoms with Crippen LogP contribution in [-0.4, -0.2) is 11.9 Å². The van der Waals surface area contributed by atoms with Crippen LogP contribution in [0.5, 0.6) is 0 Å². The van der Waals surface area contributed by atoms with Crippen molar-refractivity contribution in [1.29, 1.82) is 0 Å². The Hall–Kier alpha value is -0.770. The molecule has 0 bridgehead atoms. The predicted octanol–water partition coefficient (Wildman–Crippen LogP) is 3.54. The third-order valence-corrected chi connectivity index (χ3v) is 3.57. The van der Waals surface area contributed by atoms with Crippen molar-refractivity contribution in [2.75, 3.05) is 0 Å². The van der Waals surface area contributed by atoms with Crippen LogP contribution in [-0.2, 0) is 4.79 Å². The molecule has 2 atom stereocenters. The van der Waals surface area contributed by atoms with E-state index in [0.717, 1.165) is 5.56 Å². The Kier molecular flexibility index (Phi) is 5.25. The van der Waals surface area contributed by atoms with Crippen molar-refractivity contribution in [3.05, 3.63) is 33.8 Å². The molecule has 0 heterocycles. The van der Waals surface area contributed by atoms with Gasteiger partial charge in [-0.3, -0.25) is 4.79 Å². The summed E-state index contributed by atoms with van der Waals surface area (Å²) in [5.41, 5.74) is 6.45. The van der Waals surface area contributed by atoms with Gasteiger partial charge in [0.05, 0.1) is 12.1 Å². The number of hydrogen-bond acceptors (Lipinski definition) is 2. The summed E-state index contributed by atoms with van der Waals surface area (Å²) in [5.74, 6) is -0.189. The Labute approximate surface area is 124 Å². The van der Waals surface area contributed by atoms with E-state index in [9.17, 15) is 4.79 Å². The molecule has 3 N–H and O–H groups in total. The summed E-state index contributed by atoms with van der Waals surface area (Å²) in [6, 6.07) is 4.42. The number of nitrogens with one attached hydrogen (secondary N) is 1. The molecule has 0 aliphatic carbocycles. The van der Waals surface area contributed by atoms with Gasteiger partial charge in [-0.25, -0.2) is 0 Å². The summed E-state index contributed by atoms with van der Waals surface area (Å²) in [6.07, 6.45) is 0. The highest BCUT2D eigenvalue weighted by Crippen LogP contribution is 2.26. The Morgan fingerprint density at radius 1 is 1.32 bits per heavy atom. The van der Waals surface area contributed by atoms with Gasteiger partial charge in [0.25, 0.3) is 0 Å². The Morgan fingerprint density at radius 2 is 1.89 bits per heavy atom. The monoisotopic (exact) mass is 302 g/mol. The topological polar surface area (TPSA) is 55.1 Å². The average molecular weight is 303 g/mol. The number of carbonyl (C=O) groups is 1. The van der Waals surface area contributed by atoms with Gasteiger partial charge in [0.15, 0.2) is 0 Å². The summed E-state index contributed by atoms with van der Waals surface area (Å²) in [4.78, 5) is 12.0. The lowest BCUT2D eigenvalue weighted by Gasteiger charge is -2.27. The highest BCUT2D eigenvalue weighted by Gasteiger charge is 2.28. The number of carbonyl (C=O) groups excluding carboxylic acids is 1. The lowest BCUT2D eigenvalue weighted by molar-refractivity contribution is -0.125. The fourth-order valence-corrected chi connectivity index (χ4v) is 2.20. The first-order valence-electron chi connectivity index (χ1n) is 6.14. The third-order valence-electron chi connectivity index (χ3n) is 3.00. The molecule has 0 saturated carbocycles. The Bertz CT molecular complexity index is 469. The van der Waals surface area contributed by atoms with E-state index in [1.807, 2.05) is 27.7 Å². The maximum Gasteiger partial charge on any atom is 0.237 e. The van der Waals surface area contributed by atoms with Gasteiger partial charge in [-0.15, -0.1) is 0 Å². The number of benzene rings is 1. The fraction of sp³-hybridized carbons (Fsp3) is 0.500. The zero-order valence-corrected chi connectivity index (χ0v) is 13.1. The summed E-state index contributed by atoms with van der Waals surface area (Å²) < 4.78 is 0. The van der Waals surface area contributed by atoms with Crippen molar-refractivity contribution in [3.8, 4) is 0 Å². The van der Waals surface area contributed by atoms with Gasteiger partial charge in [0.2, 0.25) is 5.91 Å². The van der Waals surface area contributed by atoms with Crippen molar-refractivity contribution in [2.45, 2.75) is 39.8 Å². The molecule has 0 fully saturated rings. The molecular weight excluding hydrogens is 283 g/mol. The molecular formula is C14H20Cl2N2O. The molecule has 0 radical (unpaired) electrons. The van der Waals surface area contributed by atoms with Crippen molar-refractivity contribution < 1.29 is 4.79 Å². The number of halogens is 2. The third kappa shape index (κ3) is 4.37. The smallest absolute Gasteiger partial charge is 0.237 e. The highest BCUT2D eigenvalue weighted by molar-refractivity contribution is 6.35. The van der Waals surface area contributed by atoms with Gasteiger partial charge in [-0.1, -0.05) is 50.0 Å². The number of rotatable bonds is 3. The quantitative estimate of drug-likeness (QED) is 0.897. The van der Waals surface area contributed by atoms with E-state index in [4.69, 9.17) is 28.9 Å². The van der Waals surface area contributed by atoms with Gasteiger partial charge in [0.1, 0.15) is 0 Å². The van der Waals surface area contributed by atoms with E-state index < -0.39 is 6.04 Å². The summed E-state index contributed by atoms with van der Waals surface area (Å²) in [6.45, 7) is 7.65. The summed E-state index contributed by atoms with van der Waals surface area (Å²) in [5, 5.41) is 3.97. The zero-order valence-electron chi connectivity index (χ0n) is 11.6. The molecule has 0 aliphatic rings. The molecule has 19 heavy (non-hydrogen) atoms. The van der Waals surface area contributed by atoms with E-state index in [1.54, 1.807) is 18.2 Å². The van der Waals surface area contributed by atoms with Crippen LogP contribution in [0.4, 0.5) is 0 Å². The van der Waals surface area contributed by atoms with Crippen LogP contribution in [0.2, 0.25) is 10.0 Å². The number of amides is 1. The second kappa shape index (κ2) is 6.12. The molecule has 1 aromatic carbocycles. The minimum Gasteiger partial charge on any atom is -0.348 e. The minimum atomic E-state index is -0.568. The summed E-state index contributed by atoms with van der Waals surface area (Å²) in [7, 11) is 0. The molecule has 5 heteroatoms. The average Bonchev–Trinajstić information content (AvgIpc) is 2.26. The number of nitrogens with two attached hydrogens (primary N) is 1.